The Balaban J connectivity index is 2.34. The summed E-state index contributed by atoms with van der Waals surface area (Å²) >= 11 is 0. The van der Waals surface area contributed by atoms with Crippen molar-refractivity contribution < 1.29 is 9.59 Å². The Morgan fingerprint density at radius 3 is 1.45 bits per heavy atom. The van der Waals surface area contributed by atoms with Crippen molar-refractivity contribution in [2.45, 2.75) is 0 Å². The predicted octanol–water partition coefficient (Wildman–Crippen LogP) is 1.03. The number of anilines is 2. The van der Waals surface area contributed by atoms with Gasteiger partial charge in [-0.2, -0.15) is 0 Å². The van der Waals surface area contributed by atoms with Crippen LogP contribution in [0.15, 0.2) is 36.4 Å². The molecule has 2 aromatic carbocycles. The van der Waals surface area contributed by atoms with Gasteiger partial charge < -0.3 is 10.9 Å². The minimum atomic E-state index is -0.250. The number of fused-ring (bicyclic) bond motifs is 2. The molecule has 6 N–H and O–H groups in total. The van der Waals surface area contributed by atoms with E-state index in [0.717, 1.165) is 0 Å². The fourth-order valence-corrected chi connectivity index (χ4v) is 2.48. The number of nitrogens with one attached hydrogen (secondary N) is 2. The Hall–Kier alpha value is -2.70. The van der Waals surface area contributed by atoms with E-state index in [1.165, 1.54) is 0 Å². The molecule has 0 heterocycles. The number of nitrogens with two attached hydrogens (primary N) is 2. The quantitative estimate of drug-likeness (QED) is 0.408. The van der Waals surface area contributed by atoms with Gasteiger partial charge in [-0.15, -0.1) is 0 Å². The van der Waals surface area contributed by atoms with Crippen LogP contribution in [0, 0.1) is 0 Å². The van der Waals surface area contributed by atoms with Crippen molar-refractivity contribution in [1.29, 1.82) is 0 Å². The van der Waals surface area contributed by atoms with Gasteiger partial charge in [0.1, 0.15) is 0 Å². The number of ketones is 2. The van der Waals surface area contributed by atoms with Crippen molar-refractivity contribution in [1.82, 2.24) is 0 Å². The Bertz CT molecular complexity index is 676. The maximum absolute atomic E-state index is 12.6. The van der Waals surface area contributed by atoms with E-state index in [2.05, 4.69) is 10.9 Å². The lowest BCUT2D eigenvalue weighted by Crippen LogP contribution is -2.25. The topological polar surface area (TPSA) is 110 Å². The van der Waals surface area contributed by atoms with Crippen molar-refractivity contribution in [3.8, 4) is 0 Å². The number of rotatable bonds is 2. The Labute approximate surface area is 114 Å². The van der Waals surface area contributed by atoms with E-state index in [4.69, 9.17) is 11.7 Å². The molecule has 0 unspecified atom stereocenters. The zero-order valence-electron chi connectivity index (χ0n) is 10.4. The number of carbonyl (C=O) groups excluding carboxylic acids is 2. The molecule has 0 aromatic heterocycles. The molecule has 0 fully saturated rings. The van der Waals surface area contributed by atoms with Gasteiger partial charge in [-0.3, -0.25) is 21.3 Å². The Morgan fingerprint density at radius 2 is 1.10 bits per heavy atom. The summed E-state index contributed by atoms with van der Waals surface area (Å²) in [6.45, 7) is 0. The lowest BCUT2D eigenvalue weighted by atomic mass is 9.82. The number of carbonyl (C=O) groups is 2. The van der Waals surface area contributed by atoms with E-state index < -0.39 is 0 Å². The molecule has 2 aromatic rings. The van der Waals surface area contributed by atoms with Crippen molar-refractivity contribution in [3.05, 3.63) is 58.7 Å². The minimum absolute atomic E-state index is 0.250. The summed E-state index contributed by atoms with van der Waals surface area (Å²) in [7, 11) is 0. The molecule has 6 nitrogen and oxygen atoms in total. The molecule has 0 radical (unpaired) electrons. The van der Waals surface area contributed by atoms with Crippen LogP contribution >= 0.6 is 0 Å². The summed E-state index contributed by atoms with van der Waals surface area (Å²) in [6, 6.07) is 9.85. The van der Waals surface area contributed by atoms with Crippen LogP contribution in [-0.4, -0.2) is 11.6 Å². The van der Waals surface area contributed by atoms with Crippen LogP contribution < -0.4 is 22.5 Å². The second-order valence-electron chi connectivity index (χ2n) is 4.40. The lowest BCUT2D eigenvalue weighted by molar-refractivity contribution is 0.0980. The van der Waals surface area contributed by atoms with E-state index in [1.54, 1.807) is 36.4 Å². The van der Waals surface area contributed by atoms with Gasteiger partial charge in [0.25, 0.3) is 0 Å². The second-order valence-corrected chi connectivity index (χ2v) is 4.40. The summed E-state index contributed by atoms with van der Waals surface area (Å²) in [5.74, 6) is 10.3. The molecule has 20 heavy (non-hydrogen) atoms. The number of nitrogen functional groups attached to an aromatic ring is 2. The first-order chi connectivity index (χ1) is 9.69. The van der Waals surface area contributed by atoms with Crippen molar-refractivity contribution in [2.75, 3.05) is 10.9 Å². The first kappa shape index (κ1) is 12.3. The average Bonchev–Trinajstić information content (AvgIpc) is 2.50. The third-order valence-corrected chi connectivity index (χ3v) is 3.38. The van der Waals surface area contributed by atoms with E-state index in [1.807, 2.05) is 0 Å². The van der Waals surface area contributed by atoms with Gasteiger partial charge >= 0.3 is 0 Å². The van der Waals surface area contributed by atoms with Crippen molar-refractivity contribution in [2.24, 2.45) is 11.7 Å². The fraction of sp³-hybridized carbons (Fsp3) is 0. The number of hydrogen-bond acceptors (Lipinski definition) is 6. The van der Waals surface area contributed by atoms with Crippen LogP contribution in [0.25, 0.3) is 0 Å². The van der Waals surface area contributed by atoms with Gasteiger partial charge in [-0.05, 0) is 12.1 Å². The normalized spacial score (nSPS) is 12.7. The highest BCUT2D eigenvalue weighted by atomic mass is 16.1. The monoisotopic (exact) mass is 268 g/mol. The maximum atomic E-state index is 12.6. The molecule has 1 aliphatic rings. The third kappa shape index (κ3) is 1.52. The van der Waals surface area contributed by atoms with Crippen molar-refractivity contribution >= 4 is 22.9 Å². The van der Waals surface area contributed by atoms with Gasteiger partial charge in [0, 0.05) is 11.1 Å². The molecule has 0 saturated carbocycles. The molecule has 0 aliphatic heterocycles. The van der Waals surface area contributed by atoms with Crippen LogP contribution in [0.2, 0.25) is 0 Å². The smallest absolute Gasteiger partial charge is 0.196 e. The summed E-state index contributed by atoms with van der Waals surface area (Å²) in [5, 5.41) is 0. The Kier molecular flexibility index (Phi) is 2.74. The lowest BCUT2D eigenvalue weighted by Gasteiger charge is -2.21. The summed E-state index contributed by atoms with van der Waals surface area (Å²) in [4.78, 5) is 25.2. The summed E-state index contributed by atoms with van der Waals surface area (Å²) in [5.41, 5.74) is 6.99. The molecule has 0 amide bonds. The fourth-order valence-electron chi connectivity index (χ4n) is 2.48. The first-order valence-electron chi connectivity index (χ1n) is 5.97. The van der Waals surface area contributed by atoms with Crippen LogP contribution in [0.1, 0.15) is 31.8 Å². The van der Waals surface area contributed by atoms with E-state index >= 15 is 0 Å². The van der Waals surface area contributed by atoms with Crippen molar-refractivity contribution in [3.63, 3.8) is 0 Å². The minimum Gasteiger partial charge on any atom is -0.323 e. The largest absolute Gasteiger partial charge is 0.323 e. The highest BCUT2D eigenvalue weighted by Crippen LogP contribution is 2.34. The molecular formula is C14H12N4O2. The standard InChI is InChI=1S/C14H12N4O2/c15-17-9-5-1-3-7-11(9)14(20)8-4-2-6-10(18-16)12(8)13(7)19/h1-6,17-18H,15-16H2. The van der Waals surface area contributed by atoms with Crippen LogP contribution in [0.5, 0.6) is 0 Å². The second kappa shape index (κ2) is 4.44. The SMILES string of the molecule is NNc1cccc2c1C(=O)c1cccc(NN)c1C2=O. The molecule has 3 rings (SSSR count). The number of hydrazine groups is 2. The molecular weight excluding hydrogens is 256 g/mol. The molecule has 0 spiro atoms. The van der Waals surface area contributed by atoms with Gasteiger partial charge in [0.05, 0.1) is 22.5 Å². The molecule has 1 aliphatic carbocycles. The molecule has 0 saturated heterocycles. The van der Waals surface area contributed by atoms with Gasteiger partial charge in [0.2, 0.25) is 0 Å². The van der Waals surface area contributed by atoms with Crippen LogP contribution in [0.4, 0.5) is 11.4 Å². The van der Waals surface area contributed by atoms with Crippen LogP contribution in [-0.2, 0) is 0 Å². The van der Waals surface area contributed by atoms with E-state index in [-0.39, 0.29) is 11.6 Å². The highest BCUT2D eigenvalue weighted by Gasteiger charge is 2.33. The van der Waals surface area contributed by atoms with Gasteiger partial charge in [-0.25, -0.2) is 0 Å². The van der Waals surface area contributed by atoms with Gasteiger partial charge in [-0.1, -0.05) is 24.3 Å². The Morgan fingerprint density at radius 1 is 0.700 bits per heavy atom. The molecule has 0 atom stereocenters. The van der Waals surface area contributed by atoms with Gasteiger partial charge in [0.15, 0.2) is 11.6 Å². The third-order valence-electron chi connectivity index (χ3n) is 3.38. The highest BCUT2D eigenvalue weighted by molar-refractivity contribution is 6.31. The molecule has 100 valence electrons. The zero-order valence-corrected chi connectivity index (χ0v) is 10.4. The average molecular weight is 268 g/mol. The number of benzene rings is 2. The predicted molar refractivity (Wildman–Crippen MR) is 75.4 cm³/mol. The maximum Gasteiger partial charge on any atom is 0.196 e. The first-order valence-corrected chi connectivity index (χ1v) is 5.97. The van der Waals surface area contributed by atoms with E-state index in [9.17, 15) is 9.59 Å². The zero-order chi connectivity index (χ0) is 14.3. The number of hydrogen-bond donors (Lipinski definition) is 4. The summed E-state index contributed by atoms with van der Waals surface area (Å²) < 4.78 is 0. The molecule has 6 heteroatoms. The van der Waals surface area contributed by atoms with Crippen LogP contribution in [0.3, 0.4) is 0 Å². The molecule has 0 bridgehead atoms. The van der Waals surface area contributed by atoms with E-state index in [0.29, 0.717) is 33.6 Å². The summed E-state index contributed by atoms with van der Waals surface area (Å²) in [6.07, 6.45) is 0.